The number of amides is 1. The van der Waals surface area contributed by atoms with Gasteiger partial charge in [-0.3, -0.25) is 4.79 Å². The highest BCUT2D eigenvalue weighted by Gasteiger charge is 2.30. The first-order valence-electron chi connectivity index (χ1n) is 15.7. The monoisotopic (exact) mass is 643 g/mol. The number of carbonyl (C=O) groups excluding carboxylic acids is 3. The third-order valence-electron chi connectivity index (χ3n) is 7.81. The van der Waals surface area contributed by atoms with Gasteiger partial charge in [0.15, 0.2) is 0 Å². The van der Waals surface area contributed by atoms with Gasteiger partial charge >= 0.3 is 5.97 Å². The van der Waals surface area contributed by atoms with Crippen LogP contribution in [0.5, 0.6) is 0 Å². The Morgan fingerprint density at radius 3 is 2.13 bits per heavy atom. The summed E-state index contributed by atoms with van der Waals surface area (Å²) in [6.45, 7) is 6.06. The predicted octanol–water partition coefficient (Wildman–Crippen LogP) is 4.83. The molecule has 0 aliphatic heterocycles. The van der Waals surface area contributed by atoms with Gasteiger partial charge in [-0.25, -0.2) is 9.18 Å². The maximum Gasteiger partial charge on any atom is 0.338 e. The standard InChI is InChI=1S/C37H41FN2O7/c1-4-47-37(46)27-12-10-24(11-13-27)22-39-36(45)35-34(25-8-6-5-7-9-25)33(26-14-16-28(38)17-15-26)31(40(35)23(2)3)19-18-29(41)20-30(42)21-32(43)44/h5-17,23,29-30,41-42H,4,18-22H2,1-3H3,(H,39,45)(H,43,44)/p-1/t29-,30-/m1/s1. The Hall–Kier alpha value is -4.80. The quantitative estimate of drug-likeness (QED) is 0.158. The zero-order chi connectivity index (χ0) is 34.1. The van der Waals surface area contributed by atoms with Crippen molar-refractivity contribution in [3.8, 4) is 22.3 Å². The van der Waals surface area contributed by atoms with E-state index in [1.165, 1.54) is 12.1 Å². The molecule has 47 heavy (non-hydrogen) atoms. The maximum absolute atomic E-state index is 14.2. The number of ether oxygens (including phenoxy) is 1. The molecule has 9 nitrogen and oxygen atoms in total. The minimum atomic E-state index is -1.41. The second kappa shape index (κ2) is 16.2. The molecule has 0 saturated heterocycles. The number of carbonyl (C=O) groups is 3. The average Bonchev–Trinajstić information content (AvgIpc) is 3.39. The number of halogens is 1. The number of aliphatic hydroxyl groups is 2. The molecule has 3 aromatic carbocycles. The van der Waals surface area contributed by atoms with E-state index in [4.69, 9.17) is 4.74 Å². The van der Waals surface area contributed by atoms with E-state index in [2.05, 4.69) is 5.32 Å². The summed E-state index contributed by atoms with van der Waals surface area (Å²) in [5.74, 6) is -2.60. The molecule has 3 N–H and O–H groups in total. The Bertz CT molecular complexity index is 1670. The van der Waals surface area contributed by atoms with Crippen LogP contribution in [0.1, 0.15) is 78.2 Å². The van der Waals surface area contributed by atoms with Gasteiger partial charge in [-0.05, 0) is 81.0 Å². The third-order valence-corrected chi connectivity index (χ3v) is 7.81. The van der Waals surface area contributed by atoms with Crippen LogP contribution < -0.4 is 10.4 Å². The van der Waals surface area contributed by atoms with Gasteiger partial charge in [-0.1, -0.05) is 54.6 Å². The van der Waals surface area contributed by atoms with Crippen LogP contribution in [0, 0.1) is 5.82 Å². The molecule has 10 heteroatoms. The van der Waals surface area contributed by atoms with E-state index in [1.54, 1.807) is 43.3 Å². The Kier molecular flexibility index (Phi) is 12.1. The maximum atomic E-state index is 14.2. The van der Waals surface area contributed by atoms with Gasteiger partial charge in [0.2, 0.25) is 0 Å². The number of esters is 1. The van der Waals surface area contributed by atoms with E-state index in [9.17, 15) is 34.1 Å². The van der Waals surface area contributed by atoms with Crippen molar-refractivity contribution in [1.82, 2.24) is 9.88 Å². The van der Waals surface area contributed by atoms with Crippen LogP contribution in [0.15, 0.2) is 78.9 Å². The number of benzene rings is 3. The summed E-state index contributed by atoms with van der Waals surface area (Å²) in [6.07, 6.45) is -2.61. The Morgan fingerprint density at radius 2 is 1.53 bits per heavy atom. The fourth-order valence-corrected chi connectivity index (χ4v) is 5.74. The fourth-order valence-electron chi connectivity index (χ4n) is 5.74. The largest absolute Gasteiger partial charge is 0.550 e. The summed E-state index contributed by atoms with van der Waals surface area (Å²) in [7, 11) is 0. The molecule has 2 atom stereocenters. The summed E-state index contributed by atoms with van der Waals surface area (Å²) >= 11 is 0. The van der Waals surface area contributed by atoms with Crippen LogP contribution in [0.4, 0.5) is 4.39 Å². The lowest BCUT2D eigenvalue weighted by atomic mass is 9.92. The first-order chi connectivity index (χ1) is 22.5. The number of aliphatic hydroxyl groups excluding tert-OH is 2. The number of nitrogens with one attached hydrogen (secondary N) is 1. The molecule has 0 spiro atoms. The first kappa shape index (κ1) is 35.1. The lowest BCUT2D eigenvalue weighted by molar-refractivity contribution is -0.307. The molecule has 1 heterocycles. The number of hydrogen-bond acceptors (Lipinski definition) is 7. The van der Waals surface area contributed by atoms with Gasteiger partial charge in [0.1, 0.15) is 11.5 Å². The minimum absolute atomic E-state index is 0.157. The number of hydrogen-bond donors (Lipinski definition) is 3. The van der Waals surface area contributed by atoms with Crippen molar-refractivity contribution in [1.29, 1.82) is 0 Å². The zero-order valence-corrected chi connectivity index (χ0v) is 26.7. The summed E-state index contributed by atoms with van der Waals surface area (Å²) in [5.41, 5.74) is 5.07. The number of carboxylic acid groups (broad SMARTS) is 1. The molecule has 0 aliphatic carbocycles. The van der Waals surface area contributed by atoms with Gasteiger partial charge in [-0.15, -0.1) is 0 Å². The number of aliphatic carboxylic acids is 1. The molecule has 1 aromatic heterocycles. The molecule has 0 saturated carbocycles. The highest BCUT2D eigenvalue weighted by atomic mass is 19.1. The highest BCUT2D eigenvalue weighted by molar-refractivity contribution is 6.05. The SMILES string of the molecule is CCOC(=O)c1ccc(CNC(=O)c2c(-c3ccccc3)c(-c3ccc(F)cc3)c(CC[C@@H](O)C[C@@H](O)CC(=O)[O-])n2C(C)C)cc1. The molecule has 0 unspecified atom stereocenters. The minimum Gasteiger partial charge on any atom is -0.550 e. The molecule has 0 aliphatic rings. The van der Waals surface area contributed by atoms with Crippen molar-refractivity contribution >= 4 is 17.8 Å². The van der Waals surface area contributed by atoms with Gasteiger partial charge in [0, 0.05) is 41.8 Å². The Balaban J connectivity index is 1.79. The number of rotatable bonds is 15. The van der Waals surface area contributed by atoms with Crippen molar-refractivity contribution in [2.45, 2.75) is 71.2 Å². The number of aromatic nitrogens is 1. The van der Waals surface area contributed by atoms with E-state index in [0.29, 0.717) is 27.9 Å². The van der Waals surface area contributed by atoms with Crippen LogP contribution in [0.2, 0.25) is 0 Å². The summed E-state index contributed by atoms with van der Waals surface area (Å²) < 4.78 is 21.1. The summed E-state index contributed by atoms with van der Waals surface area (Å²) in [6, 6.07) is 22.0. The number of carboxylic acids is 1. The van der Waals surface area contributed by atoms with Gasteiger partial charge in [-0.2, -0.15) is 0 Å². The van der Waals surface area contributed by atoms with Crippen molar-refractivity contribution in [2.24, 2.45) is 0 Å². The van der Waals surface area contributed by atoms with Crippen LogP contribution in [0.3, 0.4) is 0 Å². The van der Waals surface area contributed by atoms with E-state index >= 15 is 0 Å². The Labute approximate surface area is 273 Å². The molecule has 1 amide bonds. The highest BCUT2D eigenvalue weighted by Crippen LogP contribution is 2.42. The smallest absolute Gasteiger partial charge is 0.338 e. The molecule has 4 rings (SSSR count). The van der Waals surface area contributed by atoms with Gasteiger partial charge < -0.3 is 34.7 Å². The van der Waals surface area contributed by atoms with Crippen LogP contribution >= 0.6 is 0 Å². The lowest BCUT2D eigenvalue weighted by Gasteiger charge is -2.20. The Morgan fingerprint density at radius 1 is 0.894 bits per heavy atom. The van der Waals surface area contributed by atoms with Crippen molar-refractivity contribution in [3.05, 3.63) is 107 Å². The lowest BCUT2D eigenvalue weighted by Crippen LogP contribution is -2.29. The van der Waals surface area contributed by atoms with Crippen LogP contribution in [-0.4, -0.2) is 51.4 Å². The molecule has 4 aromatic rings. The third kappa shape index (κ3) is 8.93. The van der Waals surface area contributed by atoms with Crippen LogP contribution in [0.25, 0.3) is 22.3 Å². The summed E-state index contributed by atoms with van der Waals surface area (Å²) in [5, 5.41) is 34.8. The molecular weight excluding hydrogens is 603 g/mol. The van der Waals surface area contributed by atoms with Crippen molar-refractivity contribution in [3.63, 3.8) is 0 Å². The zero-order valence-electron chi connectivity index (χ0n) is 26.7. The van der Waals surface area contributed by atoms with E-state index < -0.39 is 36.4 Å². The van der Waals surface area contributed by atoms with Crippen LogP contribution in [-0.2, 0) is 22.5 Å². The van der Waals surface area contributed by atoms with Gasteiger partial charge in [0.25, 0.3) is 5.91 Å². The number of nitrogens with zero attached hydrogens (tertiary/aromatic N) is 1. The van der Waals surface area contributed by atoms with E-state index in [1.807, 2.05) is 48.7 Å². The second-order valence-electron chi connectivity index (χ2n) is 11.6. The molecule has 248 valence electrons. The van der Waals surface area contributed by atoms with Crippen molar-refractivity contribution < 1.29 is 38.8 Å². The molecule has 0 fully saturated rings. The first-order valence-corrected chi connectivity index (χ1v) is 15.7. The molecule has 0 radical (unpaired) electrons. The van der Waals surface area contributed by atoms with Crippen molar-refractivity contribution in [2.75, 3.05) is 6.61 Å². The fraction of sp³-hybridized carbons (Fsp3) is 0.324. The topological polar surface area (TPSA) is 141 Å². The van der Waals surface area contributed by atoms with E-state index in [0.717, 1.165) is 16.8 Å². The molecule has 0 bridgehead atoms. The normalized spacial score (nSPS) is 12.5. The van der Waals surface area contributed by atoms with E-state index in [-0.39, 0.29) is 44.4 Å². The summed E-state index contributed by atoms with van der Waals surface area (Å²) in [4.78, 5) is 37.2. The van der Waals surface area contributed by atoms with Gasteiger partial charge in [0.05, 0.1) is 24.4 Å². The average molecular weight is 644 g/mol. The second-order valence-corrected chi connectivity index (χ2v) is 11.6. The molecular formula is C37H40FN2O7-. The predicted molar refractivity (Wildman–Crippen MR) is 174 cm³/mol.